The summed E-state index contributed by atoms with van der Waals surface area (Å²) in [7, 11) is 0. The van der Waals surface area contributed by atoms with Crippen molar-refractivity contribution in [2.75, 3.05) is 18.5 Å². The minimum Gasteiger partial charge on any atom is -0.371 e. The molecule has 1 aromatic heterocycles. The predicted molar refractivity (Wildman–Crippen MR) is 85.1 cm³/mol. The van der Waals surface area contributed by atoms with Crippen LogP contribution in [0.15, 0.2) is 4.47 Å². The number of rotatable bonds is 8. The Balaban J connectivity index is 2.35. The average molecular weight is 342 g/mol. The summed E-state index contributed by atoms with van der Waals surface area (Å²) in [6, 6.07) is 0. The van der Waals surface area contributed by atoms with Crippen molar-refractivity contribution in [1.82, 2.24) is 9.97 Å². The fourth-order valence-corrected chi connectivity index (χ4v) is 2.93. The van der Waals surface area contributed by atoms with Gasteiger partial charge in [0.2, 0.25) is 0 Å². The van der Waals surface area contributed by atoms with Gasteiger partial charge in [-0.25, -0.2) is 9.97 Å². The topological polar surface area (TPSA) is 47.0 Å². The van der Waals surface area contributed by atoms with Crippen LogP contribution in [-0.4, -0.2) is 23.1 Å². The third-order valence-corrected chi connectivity index (χ3v) is 4.19. The molecule has 0 aromatic carbocycles. The molecule has 1 heterocycles. The second-order valence-electron chi connectivity index (χ2n) is 5.17. The van der Waals surface area contributed by atoms with Crippen molar-refractivity contribution in [3.8, 4) is 0 Å². The van der Waals surface area contributed by atoms with E-state index in [1.54, 1.807) is 0 Å². The van der Waals surface area contributed by atoms with Crippen molar-refractivity contribution in [3.63, 3.8) is 0 Å². The van der Waals surface area contributed by atoms with Gasteiger partial charge < -0.3 is 10.1 Å². The maximum absolute atomic E-state index is 5.83. The smallest absolute Gasteiger partial charge is 0.159 e. The molecular weight excluding hydrogens is 318 g/mol. The highest BCUT2D eigenvalue weighted by Crippen LogP contribution is 2.44. The normalized spacial score (nSPS) is 16.2. The van der Waals surface area contributed by atoms with Gasteiger partial charge >= 0.3 is 0 Å². The van der Waals surface area contributed by atoms with Gasteiger partial charge in [0.15, 0.2) is 5.82 Å². The van der Waals surface area contributed by atoms with Gasteiger partial charge in [0.05, 0.1) is 10.2 Å². The van der Waals surface area contributed by atoms with Gasteiger partial charge in [-0.1, -0.05) is 13.3 Å². The van der Waals surface area contributed by atoms with Crippen LogP contribution in [0.1, 0.15) is 70.0 Å². The zero-order valence-corrected chi connectivity index (χ0v) is 14.2. The molecule has 0 radical (unpaired) electrons. The van der Waals surface area contributed by atoms with Crippen LogP contribution in [0, 0.1) is 0 Å². The van der Waals surface area contributed by atoms with E-state index in [0.717, 1.165) is 41.2 Å². The molecule has 1 aliphatic rings. The Kier molecular flexibility index (Phi) is 5.78. The van der Waals surface area contributed by atoms with E-state index in [-0.39, 0.29) is 6.10 Å². The highest BCUT2D eigenvalue weighted by atomic mass is 79.9. The third-order valence-electron chi connectivity index (χ3n) is 3.41. The maximum atomic E-state index is 5.83. The van der Waals surface area contributed by atoms with Crippen LogP contribution in [0.25, 0.3) is 0 Å². The van der Waals surface area contributed by atoms with Crippen LogP contribution in [0.3, 0.4) is 0 Å². The molecule has 0 bridgehead atoms. The van der Waals surface area contributed by atoms with Crippen molar-refractivity contribution < 1.29 is 4.74 Å². The van der Waals surface area contributed by atoms with Crippen LogP contribution in [0.5, 0.6) is 0 Å². The molecule has 5 heteroatoms. The van der Waals surface area contributed by atoms with Crippen LogP contribution < -0.4 is 5.32 Å². The second-order valence-corrected chi connectivity index (χ2v) is 5.96. The quantitative estimate of drug-likeness (QED) is 0.759. The van der Waals surface area contributed by atoms with Crippen molar-refractivity contribution >= 4 is 21.7 Å². The Bertz CT molecular complexity index is 443. The van der Waals surface area contributed by atoms with E-state index < -0.39 is 0 Å². The molecule has 112 valence electrons. The number of aromatic nitrogens is 2. The molecule has 1 aliphatic carbocycles. The number of hydrogen-bond donors (Lipinski definition) is 1. The van der Waals surface area contributed by atoms with Gasteiger partial charge in [-0.3, -0.25) is 0 Å². The largest absolute Gasteiger partial charge is 0.371 e. The van der Waals surface area contributed by atoms with Crippen molar-refractivity contribution in [3.05, 3.63) is 16.0 Å². The summed E-state index contributed by atoms with van der Waals surface area (Å²) in [5.41, 5.74) is 1.15. The predicted octanol–water partition coefficient (Wildman–Crippen LogP) is 4.43. The highest BCUT2D eigenvalue weighted by Gasteiger charge is 2.30. The van der Waals surface area contributed by atoms with Crippen molar-refractivity contribution in [2.45, 2.75) is 58.5 Å². The van der Waals surface area contributed by atoms with Gasteiger partial charge in [0.25, 0.3) is 0 Å². The van der Waals surface area contributed by atoms with E-state index in [2.05, 4.69) is 40.1 Å². The summed E-state index contributed by atoms with van der Waals surface area (Å²) in [4.78, 5) is 9.47. The zero-order chi connectivity index (χ0) is 14.5. The summed E-state index contributed by atoms with van der Waals surface area (Å²) in [6.07, 6.45) is 4.50. The zero-order valence-electron chi connectivity index (χ0n) is 12.6. The molecule has 4 nitrogen and oxygen atoms in total. The lowest BCUT2D eigenvalue weighted by Crippen LogP contribution is -2.13. The van der Waals surface area contributed by atoms with E-state index in [1.165, 1.54) is 12.8 Å². The first kappa shape index (κ1) is 15.7. The number of nitrogens with one attached hydrogen (secondary N) is 1. The first-order chi connectivity index (χ1) is 9.71. The summed E-state index contributed by atoms with van der Waals surface area (Å²) < 4.78 is 6.85. The number of anilines is 1. The Morgan fingerprint density at radius 3 is 2.60 bits per heavy atom. The van der Waals surface area contributed by atoms with E-state index in [0.29, 0.717) is 12.5 Å². The molecule has 2 rings (SSSR count). The molecular formula is C15H24BrN3O. The first-order valence-corrected chi connectivity index (χ1v) is 8.43. The first-order valence-electron chi connectivity index (χ1n) is 7.63. The molecule has 1 unspecified atom stereocenters. The lowest BCUT2D eigenvalue weighted by atomic mass is 10.2. The lowest BCUT2D eigenvalue weighted by Gasteiger charge is -2.18. The number of halogens is 1. The molecule has 0 amide bonds. The van der Waals surface area contributed by atoms with Crippen LogP contribution >= 0.6 is 15.9 Å². The van der Waals surface area contributed by atoms with E-state index in [1.807, 2.05) is 6.92 Å². The van der Waals surface area contributed by atoms with Gasteiger partial charge in [-0.2, -0.15) is 0 Å². The molecule has 1 fully saturated rings. The average Bonchev–Trinajstić information content (AvgIpc) is 3.25. The molecule has 1 N–H and O–H groups in total. The van der Waals surface area contributed by atoms with Crippen LogP contribution in [-0.2, 0) is 4.74 Å². The van der Waals surface area contributed by atoms with Gasteiger partial charge in [0.1, 0.15) is 11.9 Å². The molecule has 1 atom stereocenters. The summed E-state index contributed by atoms with van der Waals surface area (Å²) >= 11 is 3.66. The van der Waals surface area contributed by atoms with Gasteiger partial charge in [-0.05, 0) is 49.0 Å². The van der Waals surface area contributed by atoms with Crippen molar-refractivity contribution in [2.24, 2.45) is 0 Å². The minimum atomic E-state index is 0.00741. The Labute approximate surface area is 129 Å². The molecule has 20 heavy (non-hydrogen) atoms. The van der Waals surface area contributed by atoms with Gasteiger partial charge in [-0.15, -0.1) is 0 Å². The molecule has 1 saturated carbocycles. The van der Waals surface area contributed by atoms with E-state index >= 15 is 0 Å². The fourth-order valence-electron chi connectivity index (χ4n) is 2.29. The SMILES string of the molecule is CCCC(OCC)c1nc(NCC)c(Br)c(C2CC2)n1. The Morgan fingerprint density at radius 2 is 2.05 bits per heavy atom. The monoisotopic (exact) mass is 341 g/mol. The van der Waals surface area contributed by atoms with E-state index in [9.17, 15) is 0 Å². The summed E-state index contributed by atoms with van der Waals surface area (Å²) in [5, 5.41) is 3.32. The number of hydrogen-bond acceptors (Lipinski definition) is 4. The minimum absolute atomic E-state index is 0.00741. The van der Waals surface area contributed by atoms with Crippen LogP contribution in [0.2, 0.25) is 0 Å². The Hall–Kier alpha value is -0.680. The standard InChI is InChI=1S/C15H24BrN3O/c1-4-7-11(20-6-3)14-18-13(10-8-9-10)12(16)15(19-14)17-5-2/h10-11H,4-9H2,1-3H3,(H,17,18,19). The van der Waals surface area contributed by atoms with Gasteiger partial charge in [0, 0.05) is 19.1 Å². The third kappa shape index (κ3) is 3.70. The summed E-state index contributed by atoms with van der Waals surface area (Å²) in [5.74, 6) is 2.32. The molecule has 0 aliphatic heterocycles. The van der Waals surface area contributed by atoms with Crippen molar-refractivity contribution in [1.29, 1.82) is 0 Å². The van der Waals surface area contributed by atoms with E-state index in [4.69, 9.17) is 9.72 Å². The molecule has 1 aromatic rings. The molecule has 0 saturated heterocycles. The number of nitrogens with zero attached hydrogens (tertiary/aromatic N) is 2. The molecule has 0 spiro atoms. The number of ether oxygens (including phenoxy) is 1. The van der Waals surface area contributed by atoms with Crippen LogP contribution in [0.4, 0.5) is 5.82 Å². The Morgan fingerprint density at radius 1 is 1.30 bits per heavy atom. The lowest BCUT2D eigenvalue weighted by molar-refractivity contribution is 0.0493. The fraction of sp³-hybridized carbons (Fsp3) is 0.733. The highest BCUT2D eigenvalue weighted by molar-refractivity contribution is 9.10. The second kappa shape index (κ2) is 7.36. The summed E-state index contributed by atoms with van der Waals surface area (Å²) in [6.45, 7) is 7.81. The maximum Gasteiger partial charge on any atom is 0.159 e.